The fourth-order valence-corrected chi connectivity index (χ4v) is 1.66. The number of hydrogen-bond donors (Lipinski definition) is 2. The minimum Gasteiger partial charge on any atom is -0.395 e. The van der Waals surface area contributed by atoms with Crippen molar-refractivity contribution >= 4 is 17.2 Å². The van der Waals surface area contributed by atoms with Gasteiger partial charge in [-0.25, -0.2) is 0 Å². The Kier molecular flexibility index (Phi) is 6.07. The van der Waals surface area contributed by atoms with Gasteiger partial charge in [0.25, 0.3) is 0 Å². The number of halogens is 3. The fraction of sp³-hybridized carbons (Fsp3) is 0.875. The molecule has 0 fully saturated rings. The van der Waals surface area contributed by atoms with Crippen LogP contribution >= 0.6 is 12.2 Å². The number of aliphatic hydroxyl groups is 1. The molecule has 3 N–H and O–H groups in total. The molecule has 0 aliphatic carbocycles. The second kappa shape index (κ2) is 6.24. The number of aliphatic hydroxyl groups excluding tert-OH is 1. The van der Waals surface area contributed by atoms with Crippen molar-refractivity contribution in [2.75, 3.05) is 19.7 Å². The highest BCUT2D eigenvalue weighted by Crippen LogP contribution is 2.18. The summed E-state index contributed by atoms with van der Waals surface area (Å²) < 4.78 is 36.5. The molecule has 0 heterocycles. The van der Waals surface area contributed by atoms with Crippen LogP contribution in [-0.4, -0.2) is 46.9 Å². The zero-order valence-electron chi connectivity index (χ0n) is 8.42. The number of hydrogen-bond acceptors (Lipinski definition) is 3. The van der Waals surface area contributed by atoms with Crippen LogP contribution in [-0.2, 0) is 0 Å². The monoisotopic (exact) mass is 244 g/mol. The van der Waals surface area contributed by atoms with E-state index in [0.717, 1.165) is 4.90 Å². The molecule has 0 amide bonds. The van der Waals surface area contributed by atoms with Crippen LogP contribution in [0, 0.1) is 0 Å². The molecule has 0 bridgehead atoms. The third-order valence-electron chi connectivity index (χ3n) is 1.93. The van der Waals surface area contributed by atoms with E-state index in [-0.39, 0.29) is 18.1 Å². The Morgan fingerprint density at radius 2 is 2.07 bits per heavy atom. The first kappa shape index (κ1) is 14.6. The summed E-state index contributed by atoms with van der Waals surface area (Å²) in [5.74, 6) is 0. The standard InChI is InChI=1S/C8H15F3N2OS/c1-2-6(7(12)15)13(3-4-14)5-8(9,10)11/h6,14H,2-5H2,1H3,(H2,12,15). The Bertz CT molecular complexity index is 211. The van der Waals surface area contributed by atoms with Crippen molar-refractivity contribution in [3.05, 3.63) is 0 Å². The normalized spacial score (nSPS) is 14.3. The zero-order chi connectivity index (χ0) is 12.1. The van der Waals surface area contributed by atoms with Gasteiger partial charge in [0.1, 0.15) is 0 Å². The van der Waals surface area contributed by atoms with E-state index in [4.69, 9.17) is 10.8 Å². The molecule has 0 spiro atoms. The number of nitrogens with two attached hydrogens (primary N) is 1. The maximum Gasteiger partial charge on any atom is 0.401 e. The quantitative estimate of drug-likeness (QED) is 0.682. The molecule has 0 aliphatic heterocycles. The van der Waals surface area contributed by atoms with Gasteiger partial charge in [-0.05, 0) is 6.42 Å². The first-order valence-corrected chi connectivity index (χ1v) is 4.93. The molecule has 3 nitrogen and oxygen atoms in total. The molecular weight excluding hydrogens is 229 g/mol. The summed E-state index contributed by atoms with van der Waals surface area (Å²) in [5.41, 5.74) is 5.34. The summed E-state index contributed by atoms with van der Waals surface area (Å²) in [5, 5.41) is 8.67. The highest BCUT2D eigenvalue weighted by Gasteiger charge is 2.33. The predicted octanol–water partition coefficient (Wildman–Crippen LogP) is 0.908. The highest BCUT2D eigenvalue weighted by atomic mass is 32.1. The van der Waals surface area contributed by atoms with Gasteiger partial charge in [0.15, 0.2) is 0 Å². The van der Waals surface area contributed by atoms with Crippen LogP contribution in [0.25, 0.3) is 0 Å². The molecular formula is C8H15F3N2OS. The number of thiocarbonyl (C=S) groups is 1. The van der Waals surface area contributed by atoms with Crippen molar-refractivity contribution in [1.82, 2.24) is 4.90 Å². The van der Waals surface area contributed by atoms with E-state index in [2.05, 4.69) is 12.2 Å². The van der Waals surface area contributed by atoms with Gasteiger partial charge in [0.05, 0.1) is 24.2 Å². The average Bonchev–Trinajstić information content (AvgIpc) is 2.01. The van der Waals surface area contributed by atoms with Gasteiger partial charge < -0.3 is 10.8 Å². The van der Waals surface area contributed by atoms with E-state index < -0.39 is 18.8 Å². The maximum absolute atomic E-state index is 12.2. The van der Waals surface area contributed by atoms with Gasteiger partial charge in [0, 0.05) is 6.54 Å². The summed E-state index contributed by atoms with van der Waals surface area (Å²) in [6, 6.07) is -0.617. The van der Waals surface area contributed by atoms with Gasteiger partial charge >= 0.3 is 6.18 Å². The summed E-state index contributed by atoms with van der Waals surface area (Å²) in [6.07, 6.45) is -3.92. The van der Waals surface area contributed by atoms with Gasteiger partial charge in [0.2, 0.25) is 0 Å². The van der Waals surface area contributed by atoms with Crippen molar-refractivity contribution in [2.45, 2.75) is 25.6 Å². The molecule has 1 atom stereocenters. The van der Waals surface area contributed by atoms with E-state index in [1.54, 1.807) is 6.92 Å². The molecule has 15 heavy (non-hydrogen) atoms. The third-order valence-corrected chi connectivity index (χ3v) is 2.20. The lowest BCUT2D eigenvalue weighted by molar-refractivity contribution is -0.149. The Morgan fingerprint density at radius 1 is 1.53 bits per heavy atom. The van der Waals surface area contributed by atoms with Crippen molar-refractivity contribution in [1.29, 1.82) is 0 Å². The van der Waals surface area contributed by atoms with Crippen molar-refractivity contribution in [2.24, 2.45) is 5.73 Å². The lowest BCUT2D eigenvalue weighted by atomic mass is 10.2. The average molecular weight is 244 g/mol. The van der Waals surface area contributed by atoms with Crippen molar-refractivity contribution < 1.29 is 18.3 Å². The molecule has 0 aromatic rings. The number of rotatable bonds is 6. The molecule has 7 heteroatoms. The third kappa shape index (κ3) is 5.91. The molecule has 1 unspecified atom stereocenters. The van der Waals surface area contributed by atoms with Crippen LogP contribution < -0.4 is 5.73 Å². The van der Waals surface area contributed by atoms with E-state index in [9.17, 15) is 13.2 Å². The van der Waals surface area contributed by atoms with Crippen molar-refractivity contribution in [3.63, 3.8) is 0 Å². The molecule has 90 valence electrons. The summed E-state index contributed by atoms with van der Waals surface area (Å²) in [6.45, 7) is 0.151. The first-order chi connectivity index (χ1) is 6.81. The minimum absolute atomic E-state index is 0.0233. The molecule has 0 saturated heterocycles. The van der Waals surface area contributed by atoms with Gasteiger partial charge in [-0.2, -0.15) is 13.2 Å². The Morgan fingerprint density at radius 3 is 2.33 bits per heavy atom. The SMILES string of the molecule is CCC(C(N)=S)N(CCO)CC(F)(F)F. The minimum atomic E-state index is -4.31. The fourth-order valence-electron chi connectivity index (χ4n) is 1.34. The highest BCUT2D eigenvalue weighted by molar-refractivity contribution is 7.80. The largest absolute Gasteiger partial charge is 0.401 e. The second-order valence-corrected chi connectivity index (χ2v) is 3.61. The van der Waals surface area contributed by atoms with Crippen LogP contribution in [0.15, 0.2) is 0 Å². The Labute approximate surface area is 92.0 Å². The molecule has 0 aliphatic rings. The van der Waals surface area contributed by atoms with Gasteiger partial charge in [-0.15, -0.1) is 0 Å². The molecule has 0 aromatic carbocycles. The molecule has 0 saturated carbocycles. The summed E-state index contributed by atoms with van der Waals surface area (Å²) >= 11 is 4.68. The van der Waals surface area contributed by atoms with Crippen LogP contribution in [0.4, 0.5) is 13.2 Å². The topological polar surface area (TPSA) is 49.5 Å². The van der Waals surface area contributed by atoms with E-state index in [1.165, 1.54) is 0 Å². The lowest BCUT2D eigenvalue weighted by Crippen LogP contribution is -2.48. The molecule has 0 radical (unpaired) electrons. The predicted molar refractivity (Wildman–Crippen MR) is 55.6 cm³/mol. The Hall–Kier alpha value is -0.400. The van der Waals surface area contributed by atoms with Gasteiger partial charge in [-0.3, -0.25) is 4.90 Å². The van der Waals surface area contributed by atoms with E-state index in [1.807, 2.05) is 0 Å². The first-order valence-electron chi connectivity index (χ1n) is 4.52. The van der Waals surface area contributed by atoms with Crippen LogP contribution in [0.3, 0.4) is 0 Å². The number of nitrogens with zero attached hydrogens (tertiary/aromatic N) is 1. The van der Waals surface area contributed by atoms with E-state index in [0.29, 0.717) is 6.42 Å². The molecule has 0 rings (SSSR count). The number of alkyl halides is 3. The summed E-state index contributed by atoms with van der Waals surface area (Å²) in [4.78, 5) is 1.07. The Balaban J connectivity index is 4.55. The van der Waals surface area contributed by atoms with Gasteiger partial charge in [-0.1, -0.05) is 19.1 Å². The maximum atomic E-state index is 12.2. The summed E-state index contributed by atoms with van der Waals surface area (Å²) in [7, 11) is 0. The van der Waals surface area contributed by atoms with Crippen LogP contribution in [0.1, 0.15) is 13.3 Å². The van der Waals surface area contributed by atoms with Crippen LogP contribution in [0.5, 0.6) is 0 Å². The van der Waals surface area contributed by atoms with Crippen molar-refractivity contribution in [3.8, 4) is 0 Å². The van der Waals surface area contributed by atoms with Crippen LogP contribution in [0.2, 0.25) is 0 Å². The zero-order valence-corrected chi connectivity index (χ0v) is 9.24. The second-order valence-electron chi connectivity index (χ2n) is 3.14. The smallest absolute Gasteiger partial charge is 0.395 e. The lowest BCUT2D eigenvalue weighted by Gasteiger charge is -2.30. The molecule has 0 aromatic heterocycles. The van der Waals surface area contributed by atoms with E-state index >= 15 is 0 Å².